The predicted molar refractivity (Wildman–Crippen MR) is 62.3 cm³/mol. The van der Waals surface area contributed by atoms with Gasteiger partial charge in [-0.25, -0.2) is 0 Å². The summed E-state index contributed by atoms with van der Waals surface area (Å²) in [6.45, 7) is 5.15. The SMILES string of the molecule is C=CCc1ccc(OCCCOC)cc1. The molecule has 0 saturated carbocycles. The van der Waals surface area contributed by atoms with E-state index in [1.165, 1.54) is 5.56 Å². The summed E-state index contributed by atoms with van der Waals surface area (Å²) in [5.74, 6) is 0.916. The van der Waals surface area contributed by atoms with Crippen LogP contribution in [0, 0.1) is 0 Å². The van der Waals surface area contributed by atoms with E-state index in [1.807, 2.05) is 18.2 Å². The Hall–Kier alpha value is -1.28. The summed E-state index contributed by atoms with van der Waals surface area (Å²) in [6.07, 6.45) is 3.73. The van der Waals surface area contributed by atoms with Crippen molar-refractivity contribution in [3.63, 3.8) is 0 Å². The highest BCUT2D eigenvalue weighted by Gasteiger charge is 1.94. The molecule has 82 valence electrons. The minimum absolute atomic E-state index is 0.703. The lowest BCUT2D eigenvalue weighted by Gasteiger charge is -2.06. The molecule has 0 fully saturated rings. The van der Waals surface area contributed by atoms with Crippen LogP contribution in [0.25, 0.3) is 0 Å². The van der Waals surface area contributed by atoms with E-state index in [2.05, 4.69) is 18.7 Å². The fourth-order valence-electron chi connectivity index (χ4n) is 1.28. The van der Waals surface area contributed by atoms with E-state index in [0.29, 0.717) is 6.61 Å². The summed E-state index contributed by atoms with van der Waals surface area (Å²) in [6, 6.07) is 8.11. The van der Waals surface area contributed by atoms with Crippen molar-refractivity contribution in [2.45, 2.75) is 12.8 Å². The van der Waals surface area contributed by atoms with Gasteiger partial charge in [-0.3, -0.25) is 0 Å². The molecule has 0 amide bonds. The highest BCUT2D eigenvalue weighted by atomic mass is 16.5. The van der Waals surface area contributed by atoms with Crippen molar-refractivity contribution in [3.8, 4) is 5.75 Å². The van der Waals surface area contributed by atoms with Crippen LogP contribution in [0.5, 0.6) is 5.75 Å². The smallest absolute Gasteiger partial charge is 0.119 e. The molecule has 0 N–H and O–H groups in total. The summed E-state index contributed by atoms with van der Waals surface area (Å²) < 4.78 is 10.5. The molecule has 0 unspecified atom stereocenters. The summed E-state index contributed by atoms with van der Waals surface area (Å²) in [7, 11) is 1.70. The molecular formula is C13H18O2. The maximum Gasteiger partial charge on any atom is 0.119 e. The Balaban J connectivity index is 2.32. The van der Waals surface area contributed by atoms with E-state index in [4.69, 9.17) is 9.47 Å². The van der Waals surface area contributed by atoms with Gasteiger partial charge in [0.2, 0.25) is 0 Å². The summed E-state index contributed by atoms with van der Waals surface area (Å²) in [4.78, 5) is 0. The van der Waals surface area contributed by atoms with Gasteiger partial charge in [-0.05, 0) is 24.1 Å². The Kier molecular flexibility index (Phi) is 5.56. The number of hydrogen-bond donors (Lipinski definition) is 0. The van der Waals surface area contributed by atoms with Gasteiger partial charge in [0.05, 0.1) is 6.61 Å². The van der Waals surface area contributed by atoms with Crippen molar-refractivity contribution in [1.29, 1.82) is 0 Å². The number of hydrogen-bond acceptors (Lipinski definition) is 2. The van der Waals surface area contributed by atoms with E-state index in [0.717, 1.165) is 25.2 Å². The molecule has 0 aliphatic carbocycles. The molecule has 0 aliphatic rings. The van der Waals surface area contributed by atoms with Crippen LogP contribution in [-0.2, 0) is 11.2 Å². The van der Waals surface area contributed by atoms with Crippen molar-refractivity contribution in [2.75, 3.05) is 20.3 Å². The average molecular weight is 206 g/mol. The van der Waals surface area contributed by atoms with Crippen molar-refractivity contribution in [2.24, 2.45) is 0 Å². The first-order valence-electron chi connectivity index (χ1n) is 5.18. The van der Waals surface area contributed by atoms with Crippen molar-refractivity contribution < 1.29 is 9.47 Å². The third kappa shape index (κ3) is 4.66. The summed E-state index contributed by atoms with van der Waals surface area (Å²) in [5.41, 5.74) is 1.26. The van der Waals surface area contributed by atoms with Crippen LogP contribution < -0.4 is 4.74 Å². The Morgan fingerprint density at radius 2 is 1.93 bits per heavy atom. The Bertz CT molecular complexity index is 277. The molecule has 0 aromatic heterocycles. The first-order valence-corrected chi connectivity index (χ1v) is 5.18. The minimum atomic E-state index is 0.703. The maximum atomic E-state index is 5.54. The average Bonchev–Trinajstić information content (AvgIpc) is 2.27. The molecule has 0 aliphatic heterocycles. The molecule has 1 rings (SSSR count). The first-order chi connectivity index (χ1) is 7.36. The van der Waals surface area contributed by atoms with Crippen LogP contribution in [-0.4, -0.2) is 20.3 Å². The van der Waals surface area contributed by atoms with Crippen LogP contribution >= 0.6 is 0 Å². The van der Waals surface area contributed by atoms with Crippen LogP contribution in [0.2, 0.25) is 0 Å². The molecule has 0 saturated heterocycles. The van der Waals surface area contributed by atoms with Gasteiger partial charge in [-0.2, -0.15) is 0 Å². The first kappa shape index (κ1) is 11.8. The van der Waals surface area contributed by atoms with Gasteiger partial charge in [-0.1, -0.05) is 18.2 Å². The third-order valence-electron chi connectivity index (χ3n) is 2.06. The van der Waals surface area contributed by atoms with Gasteiger partial charge in [0.25, 0.3) is 0 Å². The largest absolute Gasteiger partial charge is 0.494 e. The molecule has 1 aromatic rings. The third-order valence-corrected chi connectivity index (χ3v) is 2.06. The fourth-order valence-corrected chi connectivity index (χ4v) is 1.28. The van der Waals surface area contributed by atoms with Crippen LogP contribution in [0.1, 0.15) is 12.0 Å². The number of ether oxygens (including phenoxy) is 2. The van der Waals surface area contributed by atoms with Gasteiger partial charge < -0.3 is 9.47 Å². The van der Waals surface area contributed by atoms with E-state index in [1.54, 1.807) is 7.11 Å². The Morgan fingerprint density at radius 1 is 1.20 bits per heavy atom. The highest BCUT2D eigenvalue weighted by Crippen LogP contribution is 2.12. The zero-order valence-corrected chi connectivity index (χ0v) is 9.24. The molecule has 15 heavy (non-hydrogen) atoms. The maximum absolute atomic E-state index is 5.54. The number of rotatable bonds is 7. The number of methoxy groups -OCH3 is 1. The van der Waals surface area contributed by atoms with E-state index >= 15 is 0 Å². The molecule has 0 spiro atoms. The van der Waals surface area contributed by atoms with E-state index in [-0.39, 0.29) is 0 Å². The number of benzene rings is 1. The second kappa shape index (κ2) is 7.07. The normalized spacial score (nSPS) is 9.93. The van der Waals surface area contributed by atoms with Crippen LogP contribution in [0.15, 0.2) is 36.9 Å². The minimum Gasteiger partial charge on any atom is -0.494 e. The lowest BCUT2D eigenvalue weighted by Crippen LogP contribution is -2.01. The monoisotopic (exact) mass is 206 g/mol. The quantitative estimate of drug-likeness (QED) is 0.504. The molecule has 0 radical (unpaired) electrons. The van der Waals surface area contributed by atoms with Crippen molar-refractivity contribution >= 4 is 0 Å². The van der Waals surface area contributed by atoms with Gasteiger partial charge >= 0.3 is 0 Å². The second-order valence-corrected chi connectivity index (χ2v) is 3.33. The van der Waals surface area contributed by atoms with Gasteiger partial charge in [-0.15, -0.1) is 6.58 Å². The topological polar surface area (TPSA) is 18.5 Å². The zero-order valence-electron chi connectivity index (χ0n) is 9.24. The Morgan fingerprint density at radius 3 is 2.53 bits per heavy atom. The molecular weight excluding hydrogens is 188 g/mol. The zero-order chi connectivity index (χ0) is 10.9. The summed E-state index contributed by atoms with van der Waals surface area (Å²) in [5, 5.41) is 0. The number of allylic oxidation sites excluding steroid dienone is 1. The standard InChI is InChI=1S/C13H18O2/c1-3-5-12-6-8-13(9-7-12)15-11-4-10-14-2/h3,6-9H,1,4-5,10-11H2,2H3. The lowest BCUT2D eigenvalue weighted by molar-refractivity contribution is 0.172. The van der Waals surface area contributed by atoms with Crippen molar-refractivity contribution in [1.82, 2.24) is 0 Å². The predicted octanol–water partition coefficient (Wildman–Crippen LogP) is 2.83. The molecule has 0 heterocycles. The van der Waals surface area contributed by atoms with Crippen molar-refractivity contribution in [3.05, 3.63) is 42.5 Å². The second-order valence-electron chi connectivity index (χ2n) is 3.33. The molecule has 2 heteroatoms. The van der Waals surface area contributed by atoms with E-state index in [9.17, 15) is 0 Å². The van der Waals surface area contributed by atoms with Gasteiger partial charge in [0.1, 0.15) is 5.75 Å². The summed E-state index contributed by atoms with van der Waals surface area (Å²) >= 11 is 0. The lowest BCUT2D eigenvalue weighted by atomic mass is 10.1. The molecule has 0 atom stereocenters. The van der Waals surface area contributed by atoms with E-state index < -0.39 is 0 Å². The van der Waals surface area contributed by atoms with Gasteiger partial charge in [0.15, 0.2) is 0 Å². The van der Waals surface area contributed by atoms with Crippen LogP contribution in [0.3, 0.4) is 0 Å². The van der Waals surface area contributed by atoms with Crippen LogP contribution in [0.4, 0.5) is 0 Å². The molecule has 1 aromatic carbocycles. The molecule has 2 nitrogen and oxygen atoms in total. The molecule has 0 bridgehead atoms. The van der Waals surface area contributed by atoms with Gasteiger partial charge in [0, 0.05) is 20.1 Å². The highest BCUT2D eigenvalue weighted by molar-refractivity contribution is 5.28. The fraction of sp³-hybridized carbons (Fsp3) is 0.385. The Labute approximate surface area is 91.5 Å².